The van der Waals surface area contributed by atoms with Crippen LogP contribution in [0.2, 0.25) is 0 Å². The largest absolute Gasteiger partial charge is 0.411 e. The van der Waals surface area contributed by atoms with Crippen molar-refractivity contribution >= 4 is 23.4 Å². The summed E-state index contributed by atoms with van der Waals surface area (Å²) < 4.78 is 7.90. The number of hydrogen-bond donors (Lipinski definition) is 1. The molecule has 0 bridgehead atoms. The molecule has 152 valence electrons. The standard InChI is InChI=1S/C21H25N5O2S/c1-21(2,3)18-13-26(12-16-8-6-10-28-16)20(29-18)25-19(23-14-22)17-9-5-4-7-15(17)11-24-27/h4-5,7,9,11,13,16,27H,6,8,10,12H2,1-3H3/b23-19?,24-11?,25-20-/t16-/m1/s1. The number of nitriles is 1. The number of benzene rings is 1. The number of aromatic nitrogens is 1. The van der Waals surface area contributed by atoms with Gasteiger partial charge in [0.25, 0.3) is 0 Å². The second kappa shape index (κ2) is 9.16. The minimum Gasteiger partial charge on any atom is -0.411 e. The molecule has 0 unspecified atom stereocenters. The SMILES string of the molecule is CC(C)(C)c1cn(C[C@H]2CCCO2)/c(=N/C(=NC#N)c2ccccc2C=NO)s1. The molecule has 1 fully saturated rings. The van der Waals surface area contributed by atoms with Crippen LogP contribution in [-0.4, -0.2) is 34.5 Å². The van der Waals surface area contributed by atoms with Crippen LogP contribution < -0.4 is 4.80 Å². The Morgan fingerprint density at radius 1 is 1.41 bits per heavy atom. The van der Waals surface area contributed by atoms with Gasteiger partial charge in [0.2, 0.25) is 6.19 Å². The van der Waals surface area contributed by atoms with E-state index in [0.717, 1.165) is 24.2 Å². The van der Waals surface area contributed by atoms with Crippen molar-refractivity contribution in [1.82, 2.24) is 4.57 Å². The Morgan fingerprint density at radius 2 is 2.21 bits per heavy atom. The number of oxime groups is 1. The van der Waals surface area contributed by atoms with Gasteiger partial charge in [0.05, 0.1) is 18.9 Å². The maximum Gasteiger partial charge on any atom is 0.207 e. The van der Waals surface area contributed by atoms with Crippen LogP contribution >= 0.6 is 11.3 Å². The second-order valence-corrected chi connectivity index (χ2v) is 8.90. The molecule has 2 aromatic rings. The molecule has 0 saturated carbocycles. The van der Waals surface area contributed by atoms with E-state index in [1.54, 1.807) is 23.5 Å². The van der Waals surface area contributed by atoms with Crippen LogP contribution in [0.15, 0.2) is 45.6 Å². The van der Waals surface area contributed by atoms with Crippen LogP contribution in [0.3, 0.4) is 0 Å². The predicted octanol–water partition coefficient (Wildman–Crippen LogP) is 3.66. The molecular formula is C21H25N5O2S. The van der Waals surface area contributed by atoms with Gasteiger partial charge < -0.3 is 14.5 Å². The van der Waals surface area contributed by atoms with Crippen LogP contribution in [0.5, 0.6) is 0 Å². The highest BCUT2D eigenvalue weighted by Gasteiger charge is 2.21. The van der Waals surface area contributed by atoms with Crippen molar-refractivity contribution in [2.45, 2.75) is 51.7 Å². The second-order valence-electron chi connectivity index (χ2n) is 7.89. The lowest BCUT2D eigenvalue weighted by Gasteiger charge is -2.15. The van der Waals surface area contributed by atoms with Gasteiger partial charge in [0.1, 0.15) is 0 Å². The monoisotopic (exact) mass is 411 g/mol. The lowest BCUT2D eigenvalue weighted by Crippen LogP contribution is -2.24. The van der Waals surface area contributed by atoms with E-state index in [-0.39, 0.29) is 17.4 Å². The van der Waals surface area contributed by atoms with E-state index < -0.39 is 0 Å². The molecule has 1 N–H and O–H groups in total. The Hall–Kier alpha value is -2.76. The Balaban J connectivity index is 2.11. The summed E-state index contributed by atoms with van der Waals surface area (Å²) in [5, 5.41) is 21.3. The van der Waals surface area contributed by atoms with Gasteiger partial charge in [0.15, 0.2) is 10.6 Å². The summed E-state index contributed by atoms with van der Waals surface area (Å²) in [7, 11) is 0. The molecule has 1 aliphatic rings. The van der Waals surface area contributed by atoms with Crippen molar-refractivity contribution in [3.05, 3.63) is 51.3 Å². The van der Waals surface area contributed by atoms with Gasteiger partial charge in [-0.25, -0.2) is 0 Å². The number of amidine groups is 1. The van der Waals surface area contributed by atoms with Gasteiger partial charge in [-0.3, -0.25) is 0 Å². The fourth-order valence-corrected chi connectivity index (χ4v) is 4.17. The average molecular weight is 412 g/mol. The zero-order valence-electron chi connectivity index (χ0n) is 16.9. The summed E-state index contributed by atoms with van der Waals surface area (Å²) in [6, 6.07) is 7.25. The number of hydrogen-bond acceptors (Lipinski definition) is 6. The highest BCUT2D eigenvalue weighted by Crippen LogP contribution is 2.25. The highest BCUT2D eigenvalue weighted by molar-refractivity contribution is 7.09. The quantitative estimate of drug-likeness (QED) is 0.273. The molecule has 7 nitrogen and oxygen atoms in total. The summed E-state index contributed by atoms with van der Waals surface area (Å²) in [6.45, 7) is 8.00. The van der Waals surface area contributed by atoms with Gasteiger partial charge >= 0.3 is 0 Å². The molecule has 3 rings (SSSR count). The Kier molecular flexibility index (Phi) is 6.62. The van der Waals surface area contributed by atoms with Gasteiger partial charge in [-0.1, -0.05) is 50.2 Å². The summed E-state index contributed by atoms with van der Waals surface area (Å²) in [4.78, 5) is 10.6. The molecule has 1 atom stereocenters. The molecule has 0 spiro atoms. The lowest BCUT2D eigenvalue weighted by molar-refractivity contribution is 0.0963. The molecule has 1 saturated heterocycles. The fourth-order valence-electron chi connectivity index (χ4n) is 3.11. The first-order valence-electron chi connectivity index (χ1n) is 9.53. The number of ether oxygens (including phenoxy) is 1. The van der Waals surface area contributed by atoms with E-state index in [9.17, 15) is 5.26 Å². The third-order valence-corrected chi connectivity index (χ3v) is 6.09. The Labute approximate surface area is 174 Å². The van der Waals surface area contributed by atoms with Gasteiger partial charge in [-0.05, 0) is 18.3 Å². The van der Waals surface area contributed by atoms with Gasteiger partial charge in [0, 0.05) is 28.8 Å². The van der Waals surface area contributed by atoms with E-state index in [4.69, 9.17) is 14.9 Å². The first-order valence-corrected chi connectivity index (χ1v) is 10.3. The minimum atomic E-state index is -0.0231. The maximum absolute atomic E-state index is 9.23. The van der Waals surface area contributed by atoms with Crippen molar-refractivity contribution in [3.8, 4) is 6.19 Å². The topological polar surface area (TPSA) is 95.3 Å². The van der Waals surface area contributed by atoms with Gasteiger partial charge in [-0.2, -0.15) is 15.2 Å². The molecule has 1 aromatic heterocycles. The number of aliphatic imine (C=N–C) groups is 1. The zero-order chi connectivity index (χ0) is 20.9. The van der Waals surface area contributed by atoms with E-state index in [1.165, 1.54) is 11.1 Å². The van der Waals surface area contributed by atoms with Gasteiger partial charge in [-0.15, -0.1) is 11.3 Å². The third kappa shape index (κ3) is 5.19. The van der Waals surface area contributed by atoms with Crippen LogP contribution in [-0.2, 0) is 16.7 Å². The first kappa shape index (κ1) is 21.0. The third-order valence-electron chi connectivity index (χ3n) is 4.64. The fraction of sp³-hybridized carbons (Fsp3) is 0.429. The zero-order valence-corrected chi connectivity index (χ0v) is 17.7. The lowest BCUT2D eigenvalue weighted by atomic mass is 9.95. The molecule has 0 aliphatic carbocycles. The summed E-state index contributed by atoms with van der Waals surface area (Å²) in [5.74, 6) is 0.284. The van der Waals surface area contributed by atoms with Crippen molar-refractivity contribution in [2.24, 2.45) is 15.1 Å². The number of nitrogens with zero attached hydrogens (tertiary/aromatic N) is 5. The van der Waals surface area contributed by atoms with E-state index in [2.05, 4.69) is 41.7 Å². The minimum absolute atomic E-state index is 0.0231. The highest BCUT2D eigenvalue weighted by atomic mass is 32.1. The molecule has 8 heteroatoms. The van der Waals surface area contributed by atoms with Crippen molar-refractivity contribution in [1.29, 1.82) is 5.26 Å². The Morgan fingerprint density at radius 3 is 2.86 bits per heavy atom. The van der Waals surface area contributed by atoms with E-state index in [1.807, 2.05) is 18.3 Å². The van der Waals surface area contributed by atoms with Crippen LogP contribution in [0.1, 0.15) is 49.6 Å². The molecule has 2 heterocycles. The molecule has 29 heavy (non-hydrogen) atoms. The molecule has 1 aromatic carbocycles. The van der Waals surface area contributed by atoms with Crippen LogP contribution in [0.4, 0.5) is 0 Å². The summed E-state index contributed by atoms with van der Waals surface area (Å²) in [6.07, 6.45) is 7.55. The van der Waals surface area contributed by atoms with E-state index >= 15 is 0 Å². The van der Waals surface area contributed by atoms with Crippen molar-refractivity contribution < 1.29 is 9.94 Å². The molecule has 0 radical (unpaired) electrons. The molecular weight excluding hydrogens is 386 g/mol. The summed E-state index contributed by atoms with van der Waals surface area (Å²) in [5.41, 5.74) is 1.23. The Bertz CT molecular complexity index is 1010. The van der Waals surface area contributed by atoms with Crippen molar-refractivity contribution in [2.75, 3.05) is 6.61 Å². The van der Waals surface area contributed by atoms with Crippen LogP contribution in [0.25, 0.3) is 0 Å². The smallest absolute Gasteiger partial charge is 0.207 e. The first-order chi connectivity index (χ1) is 13.9. The van der Waals surface area contributed by atoms with E-state index in [0.29, 0.717) is 17.7 Å². The molecule has 0 amide bonds. The number of thiazole rings is 1. The normalized spacial score (nSPS) is 18.5. The van der Waals surface area contributed by atoms with Crippen molar-refractivity contribution in [3.63, 3.8) is 0 Å². The average Bonchev–Trinajstić information content (AvgIpc) is 3.33. The van der Waals surface area contributed by atoms with Crippen LogP contribution in [0, 0.1) is 11.5 Å². The number of rotatable bonds is 4. The maximum atomic E-state index is 9.23. The summed E-state index contributed by atoms with van der Waals surface area (Å²) >= 11 is 1.59. The molecule has 1 aliphatic heterocycles. The predicted molar refractivity (Wildman–Crippen MR) is 114 cm³/mol.